The third-order valence-electron chi connectivity index (χ3n) is 2.93. The van der Waals surface area contributed by atoms with Gasteiger partial charge in [-0.1, -0.05) is 23.2 Å². The van der Waals surface area contributed by atoms with Gasteiger partial charge in [-0.25, -0.2) is 0 Å². The summed E-state index contributed by atoms with van der Waals surface area (Å²) in [5.74, 6) is 0.604. The van der Waals surface area contributed by atoms with Gasteiger partial charge < -0.3 is 5.32 Å². The van der Waals surface area contributed by atoms with Gasteiger partial charge in [-0.2, -0.15) is 0 Å². The van der Waals surface area contributed by atoms with E-state index in [0.717, 1.165) is 10.6 Å². The zero-order valence-electron chi connectivity index (χ0n) is 12.2. The van der Waals surface area contributed by atoms with Gasteiger partial charge >= 0.3 is 0 Å². The number of thiophene rings is 1. The predicted octanol–water partition coefficient (Wildman–Crippen LogP) is 4.93. The van der Waals surface area contributed by atoms with E-state index in [4.69, 9.17) is 23.2 Å². The summed E-state index contributed by atoms with van der Waals surface area (Å²) in [5.41, 5.74) is 0. The smallest absolute Gasteiger partial charge is 0.220 e. The molecule has 0 unspecified atom stereocenters. The molecule has 0 spiro atoms. The van der Waals surface area contributed by atoms with Crippen LogP contribution in [0.15, 0.2) is 41.3 Å². The summed E-state index contributed by atoms with van der Waals surface area (Å²) in [7, 11) is 0. The number of benzene rings is 1. The molecule has 0 aliphatic heterocycles. The van der Waals surface area contributed by atoms with Crippen LogP contribution in [0, 0.1) is 0 Å². The van der Waals surface area contributed by atoms with Gasteiger partial charge in [0, 0.05) is 35.1 Å². The maximum atomic E-state index is 11.9. The molecule has 0 bridgehead atoms. The quantitative estimate of drug-likeness (QED) is 0.396. The first-order valence-corrected chi connectivity index (χ1v) is 9.54. The zero-order chi connectivity index (χ0) is 16.7. The summed E-state index contributed by atoms with van der Waals surface area (Å²) in [6.45, 7) is 0.561. The molecule has 2 aromatic rings. The molecule has 1 N–H and O–H groups in total. The Hall–Kier alpha value is -1.01. The normalized spacial score (nSPS) is 10.5. The Kier molecular flexibility index (Phi) is 7.43. The molecule has 1 aromatic carbocycles. The molecule has 23 heavy (non-hydrogen) atoms. The maximum Gasteiger partial charge on any atom is 0.220 e. The number of ketones is 1. The summed E-state index contributed by atoms with van der Waals surface area (Å²) in [6.07, 6.45) is 0.396. The minimum absolute atomic E-state index is 0.0485. The molecule has 7 heteroatoms. The minimum Gasteiger partial charge on any atom is -0.355 e. The van der Waals surface area contributed by atoms with Gasteiger partial charge in [-0.05, 0) is 36.4 Å². The number of thioether (sulfide) groups is 1. The largest absolute Gasteiger partial charge is 0.355 e. The maximum absolute atomic E-state index is 11.9. The molecular formula is C16H15Cl2NO2S2. The Balaban J connectivity index is 1.61. The Morgan fingerprint density at radius 3 is 2.43 bits per heavy atom. The number of hydrogen-bond acceptors (Lipinski definition) is 4. The topological polar surface area (TPSA) is 46.2 Å². The summed E-state index contributed by atoms with van der Waals surface area (Å²) >= 11 is 14.5. The van der Waals surface area contributed by atoms with Gasteiger partial charge in [-0.15, -0.1) is 23.1 Å². The van der Waals surface area contributed by atoms with Crippen molar-refractivity contribution in [2.45, 2.75) is 17.7 Å². The highest BCUT2D eigenvalue weighted by molar-refractivity contribution is 7.99. The van der Waals surface area contributed by atoms with Gasteiger partial charge in [0.25, 0.3) is 0 Å². The lowest BCUT2D eigenvalue weighted by Crippen LogP contribution is -2.26. The molecular weight excluding hydrogens is 373 g/mol. The molecule has 3 nitrogen and oxygen atoms in total. The average molecular weight is 388 g/mol. The molecule has 0 radical (unpaired) electrons. The lowest BCUT2D eigenvalue weighted by molar-refractivity contribution is -0.120. The molecule has 0 saturated heterocycles. The van der Waals surface area contributed by atoms with Gasteiger partial charge in [0.1, 0.15) is 0 Å². The summed E-state index contributed by atoms with van der Waals surface area (Å²) in [5, 5.41) is 3.52. The van der Waals surface area contributed by atoms with Gasteiger partial charge in [0.2, 0.25) is 5.91 Å². The number of hydrogen-bond donors (Lipinski definition) is 1. The van der Waals surface area contributed by atoms with Crippen molar-refractivity contribution in [2.75, 3.05) is 12.3 Å². The van der Waals surface area contributed by atoms with Crippen LogP contribution in [0.1, 0.15) is 22.5 Å². The molecule has 1 aromatic heterocycles. The number of carbonyl (C=O) groups excluding carboxylic acids is 2. The van der Waals surface area contributed by atoms with Crippen molar-refractivity contribution in [1.29, 1.82) is 0 Å². The molecule has 0 fully saturated rings. The highest BCUT2D eigenvalue weighted by atomic mass is 35.5. The highest BCUT2D eigenvalue weighted by Crippen LogP contribution is 2.23. The standard InChI is InChI=1S/C16H15Cl2NO2S2/c17-11-1-3-12(4-2-11)22-10-9-19-16(21)8-5-13(20)14-6-7-15(18)23-14/h1-4,6-7H,5,8-10H2,(H,19,21). The Morgan fingerprint density at radius 1 is 1.04 bits per heavy atom. The van der Waals surface area contributed by atoms with E-state index < -0.39 is 0 Å². The number of carbonyl (C=O) groups is 2. The fourth-order valence-electron chi connectivity index (χ4n) is 1.79. The second kappa shape index (κ2) is 9.33. The Morgan fingerprint density at radius 2 is 1.78 bits per heavy atom. The van der Waals surface area contributed by atoms with Crippen molar-refractivity contribution in [1.82, 2.24) is 5.32 Å². The average Bonchev–Trinajstić information content (AvgIpc) is 2.97. The second-order valence-corrected chi connectivity index (χ2v) is 8.00. The SMILES string of the molecule is O=C(CCC(=O)c1ccc(Cl)s1)NCCSc1ccc(Cl)cc1. The first-order valence-electron chi connectivity index (χ1n) is 6.98. The van der Waals surface area contributed by atoms with E-state index in [0.29, 0.717) is 20.8 Å². The summed E-state index contributed by atoms with van der Waals surface area (Å²) < 4.78 is 0.581. The van der Waals surface area contributed by atoms with Crippen molar-refractivity contribution in [3.8, 4) is 0 Å². The number of nitrogens with one attached hydrogen (secondary N) is 1. The van der Waals surface area contributed by atoms with Crippen molar-refractivity contribution in [2.24, 2.45) is 0 Å². The van der Waals surface area contributed by atoms with E-state index in [2.05, 4.69) is 5.32 Å². The monoisotopic (exact) mass is 387 g/mol. The molecule has 1 heterocycles. The van der Waals surface area contributed by atoms with Crippen LogP contribution in [0.25, 0.3) is 0 Å². The number of rotatable bonds is 8. The molecule has 0 aliphatic rings. The predicted molar refractivity (Wildman–Crippen MR) is 98.1 cm³/mol. The van der Waals surface area contributed by atoms with E-state index in [1.165, 1.54) is 11.3 Å². The van der Waals surface area contributed by atoms with Crippen LogP contribution in [-0.4, -0.2) is 24.0 Å². The number of halogens is 2. The molecule has 0 saturated carbocycles. The van der Waals surface area contributed by atoms with Crippen LogP contribution >= 0.6 is 46.3 Å². The van der Waals surface area contributed by atoms with Crippen LogP contribution < -0.4 is 5.32 Å². The van der Waals surface area contributed by atoms with Gasteiger partial charge in [-0.3, -0.25) is 9.59 Å². The van der Waals surface area contributed by atoms with E-state index in [9.17, 15) is 9.59 Å². The van der Waals surface area contributed by atoms with Crippen LogP contribution in [0.4, 0.5) is 0 Å². The third-order valence-corrected chi connectivity index (χ3v) is 5.47. The lowest BCUT2D eigenvalue weighted by Gasteiger charge is -2.05. The summed E-state index contributed by atoms with van der Waals surface area (Å²) in [4.78, 5) is 25.3. The zero-order valence-corrected chi connectivity index (χ0v) is 15.3. The van der Waals surface area contributed by atoms with Crippen LogP contribution in [0.3, 0.4) is 0 Å². The number of amides is 1. The van der Waals surface area contributed by atoms with E-state index in [-0.39, 0.29) is 24.5 Å². The first-order chi connectivity index (χ1) is 11.0. The van der Waals surface area contributed by atoms with Crippen molar-refractivity contribution in [3.05, 3.63) is 50.6 Å². The molecule has 1 amide bonds. The van der Waals surface area contributed by atoms with Crippen molar-refractivity contribution >= 4 is 58.0 Å². The third kappa shape index (κ3) is 6.55. The highest BCUT2D eigenvalue weighted by Gasteiger charge is 2.11. The van der Waals surface area contributed by atoms with E-state index >= 15 is 0 Å². The number of Topliss-reactive ketones (excluding diaryl/α,β-unsaturated/α-hetero) is 1. The lowest BCUT2D eigenvalue weighted by atomic mass is 10.2. The van der Waals surface area contributed by atoms with Crippen LogP contribution in [0.2, 0.25) is 9.36 Å². The second-order valence-electron chi connectivity index (χ2n) is 4.68. The van der Waals surface area contributed by atoms with Gasteiger partial charge in [0.15, 0.2) is 5.78 Å². The molecule has 122 valence electrons. The van der Waals surface area contributed by atoms with Gasteiger partial charge in [0.05, 0.1) is 9.21 Å². The van der Waals surface area contributed by atoms with Crippen molar-refractivity contribution in [3.63, 3.8) is 0 Å². The molecule has 2 rings (SSSR count). The Bertz CT molecular complexity index is 671. The summed E-state index contributed by atoms with van der Waals surface area (Å²) in [6, 6.07) is 10.9. The van der Waals surface area contributed by atoms with Crippen molar-refractivity contribution < 1.29 is 9.59 Å². The minimum atomic E-state index is -0.113. The van der Waals surface area contributed by atoms with Crippen LogP contribution in [-0.2, 0) is 4.79 Å². The van der Waals surface area contributed by atoms with Crippen LogP contribution in [0.5, 0.6) is 0 Å². The van der Waals surface area contributed by atoms with E-state index in [1.54, 1.807) is 23.9 Å². The fraction of sp³-hybridized carbons (Fsp3) is 0.250. The molecule has 0 atom stereocenters. The van der Waals surface area contributed by atoms with E-state index in [1.807, 2.05) is 24.3 Å². The molecule has 0 aliphatic carbocycles. The fourth-order valence-corrected chi connectivity index (χ4v) is 3.70. The Labute approximate surface area is 153 Å². The first kappa shape index (κ1) is 18.3.